The van der Waals surface area contributed by atoms with Crippen molar-refractivity contribution in [3.05, 3.63) is 143 Å². The van der Waals surface area contributed by atoms with Gasteiger partial charge in [-0.15, -0.1) is 0 Å². The van der Waals surface area contributed by atoms with Crippen LogP contribution in [0.2, 0.25) is 0 Å². The van der Waals surface area contributed by atoms with Crippen molar-refractivity contribution >= 4 is 41.4 Å². The van der Waals surface area contributed by atoms with Gasteiger partial charge in [0.15, 0.2) is 0 Å². The number of nitrogens with one attached hydrogen (secondary N) is 3. The van der Waals surface area contributed by atoms with Crippen LogP contribution in [0, 0.1) is 16.2 Å². The topological polar surface area (TPSA) is 165 Å². The lowest BCUT2D eigenvalue weighted by Crippen LogP contribution is -2.51. The molecule has 6 heterocycles. The maximum atomic E-state index is 12.2. The predicted octanol–water partition coefficient (Wildman–Crippen LogP) is 10.7. The van der Waals surface area contributed by atoms with Gasteiger partial charge >= 0.3 is 0 Å². The molecule has 13 nitrogen and oxygen atoms in total. The minimum absolute atomic E-state index is 0. The van der Waals surface area contributed by atoms with Crippen molar-refractivity contribution in [2.75, 3.05) is 0 Å². The molecule has 3 atom stereocenters. The summed E-state index contributed by atoms with van der Waals surface area (Å²) in [7, 11) is 0. The van der Waals surface area contributed by atoms with Gasteiger partial charge in [0.25, 0.3) is 23.6 Å². The number of hydrogen-bond acceptors (Lipinski definition) is 7. The highest BCUT2D eigenvalue weighted by Gasteiger charge is 2.44. The second-order valence-electron chi connectivity index (χ2n) is 23.1. The van der Waals surface area contributed by atoms with Crippen molar-refractivity contribution in [3.8, 4) is 0 Å². The minimum Gasteiger partial charge on any atom is -0.329 e. The van der Waals surface area contributed by atoms with Crippen LogP contribution >= 0.6 is 0 Å². The van der Waals surface area contributed by atoms with Crippen LogP contribution < -0.4 is 16.0 Å². The Kier molecular flexibility index (Phi) is 20.2. The van der Waals surface area contributed by atoms with Gasteiger partial charge in [-0.1, -0.05) is 159 Å². The van der Waals surface area contributed by atoms with E-state index in [-0.39, 0.29) is 49.0 Å². The summed E-state index contributed by atoms with van der Waals surface area (Å²) >= 11 is 0. The Labute approximate surface area is 423 Å². The fourth-order valence-corrected chi connectivity index (χ4v) is 7.68. The number of piperidine rings is 3. The third-order valence-corrected chi connectivity index (χ3v) is 10.6. The molecule has 0 bridgehead atoms. The monoisotopic (exact) mass is 973 g/mol. The molecular formula is C58H80N6O7. The van der Waals surface area contributed by atoms with Gasteiger partial charge in [-0.2, -0.15) is 0 Å². The summed E-state index contributed by atoms with van der Waals surface area (Å²) in [5.74, 6) is -1.45. The highest BCUT2D eigenvalue weighted by atomic mass is 16.2. The van der Waals surface area contributed by atoms with Gasteiger partial charge < -0.3 is 25.8 Å². The Balaban J connectivity index is 0.000000245. The maximum absolute atomic E-state index is 12.2. The van der Waals surface area contributed by atoms with E-state index >= 15 is 0 Å². The van der Waals surface area contributed by atoms with Crippen LogP contribution in [0.4, 0.5) is 0 Å². The summed E-state index contributed by atoms with van der Waals surface area (Å²) in [5, 5.41) is 8.05. The van der Waals surface area contributed by atoms with Crippen LogP contribution in [0.1, 0.15) is 182 Å². The average Bonchev–Trinajstić information content (AvgIpc) is 3.84. The first kappa shape index (κ1) is 58.7. The largest absolute Gasteiger partial charge is 0.329 e. The van der Waals surface area contributed by atoms with E-state index in [0.29, 0.717) is 71.8 Å². The summed E-state index contributed by atoms with van der Waals surface area (Å²) in [6.07, 6.45) is 3.78. The lowest BCUT2D eigenvalue weighted by molar-refractivity contribution is -0.127. The van der Waals surface area contributed by atoms with E-state index in [9.17, 15) is 33.6 Å². The number of carbonyl (C=O) groups is 7. The SMILES string of the molecule is C.C=C1CCC(N2C(=O)c3ccccc3C2=O)C(=O)N1.C=C1CCC(N2Cc3ccccc3C2=O)C(=O)N1.C=C1CCC(N2Cc3ccccc3C2=O)C(=O)N1.CC(C)(C)C.CC(C)(C)C.CC(C)(C)C. The number of rotatable bonds is 3. The standard InChI is InChI=1S/C14H12N2O3.2C14H14N2O2.3C5H12.CH4/c1-8-6-7-11(12(17)15-8)16-13(18)9-4-2-3-5-10(9)14(16)19;2*1-9-6-7-12(13(17)15-9)16-8-10-4-2-3-5-11(10)14(16)18;3*1-5(2,3)4;/h2-5,11H,1,6-7H2,(H,15,17);2*2-5,12H,1,6-8H2,(H,15,17);3*1-4H3;1H4. The number of imide groups is 1. The van der Waals surface area contributed by atoms with E-state index in [0.717, 1.165) is 51.4 Å². The molecule has 0 spiro atoms. The summed E-state index contributed by atoms with van der Waals surface area (Å²) in [5.41, 5.74) is 7.76. The van der Waals surface area contributed by atoms with E-state index in [1.165, 1.54) is 0 Å². The molecular weight excluding hydrogens is 893 g/mol. The van der Waals surface area contributed by atoms with Crippen molar-refractivity contribution in [3.63, 3.8) is 0 Å². The van der Waals surface area contributed by atoms with Gasteiger partial charge in [0.1, 0.15) is 18.1 Å². The number of carbonyl (C=O) groups excluding carboxylic acids is 7. The fourth-order valence-electron chi connectivity index (χ4n) is 7.68. The van der Waals surface area contributed by atoms with Crippen LogP contribution in [0.5, 0.6) is 0 Å². The first-order chi connectivity index (χ1) is 32.4. The molecule has 3 fully saturated rings. The zero-order valence-corrected chi connectivity index (χ0v) is 43.6. The summed E-state index contributed by atoms with van der Waals surface area (Å²) in [6.45, 7) is 38.5. The molecule has 384 valence electrons. The third-order valence-electron chi connectivity index (χ3n) is 10.6. The lowest BCUT2D eigenvalue weighted by Gasteiger charge is -2.30. The third kappa shape index (κ3) is 17.3. The summed E-state index contributed by atoms with van der Waals surface area (Å²) in [6, 6.07) is 20.2. The molecule has 3 aromatic rings. The zero-order chi connectivity index (χ0) is 52.5. The number of fused-ring (bicyclic) bond motifs is 3. The second-order valence-corrected chi connectivity index (χ2v) is 23.1. The van der Waals surface area contributed by atoms with Crippen molar-refractivity contribution in [1.29, 1.82) is 0 Å². The quantitative estimate of drug-likeness (QED) is 0.220. The number of nitrogens with zero attached hydrogens (tertiary/aromatic N) is 3. The Bertz CT molecular complexity index is 2320. The van der Waals surface area contributed by atoms with Gasteiger partial charge in [-0.25, -0.2) is 0 Å². The highest BCUT2D eigenvalue weighted by Crippen LogP contribution is 2.31. The molecule has 0 saturated carbocycles. The van der Waals surface area contributed by atoms with Gasteiger partial charge in [0.2, 0.25) is 17.7 Å². The maximum Gasteiger partial charge on any atom is 0.262 e. The molecule has 71 heavy (non-hydrogen) atoms. The van der Waals surface area contributed by atoms with E-state index in [2.05, 4.69) is 119 Å². The number of benzene rings is 3. The fraction of sp³-hybridized carbons (Fsp3) is 0.466. The predicted molar refractivity (Wildman–Crippen MR) is 283 cm³/mol. The first-order valence-corrected chi connectivity index (χ1v) is 24.1. The van der Waals surface area contributed by atoms with Crippen molar-refractivity contribution in [2.45, 2.75) is 160 Å². The molecule has 3 saturated heterocycles. The van der Waals surface area contributed by atoms with Gasteiger partial charge in [0.05, 0.1) is 11.1 Å². The Morgan fingerprint density at radius 2 is 0.662 bits per heavy atom. The van der Waals surface area contributed by atoms with Gasteiger partial charge in [-0.3, -0.25) is 38.5 Å². The van der Waals surface area contributed by atoms with E-state index in [4.69, 9.17) is 0 Å². The van der Waals surface area contributed by atoms with E-state index in [1.807, 2.05) is 48.5 Å². The Morgan fingerprint density at radius 1 is 0.408 bits per heavy atom. The zero-order valence-electron chi connectivity index (χ0n) is 43.6. The number of hydrogen-bond donors (Lipinski definition) is 3. The minimum atomic E-state index is -0.738. The molecule has 9 rings (SSSR count). The van der Waals surface area contributed by atoms with Crippen LogP contribution in [0.3, 0.4) is 0 Å². The molecule has 3 aromatic carbocycles. The molecule has 3 unspecified atom stereocenters. The smallest absolute Gasteiger partial charge is 0.262 e. The highest BCUT2D eigenvalue weighted by molar-refractivity contribution is 6.23. The van der Waals surface area contributed by atoms with E-state index < -0.39 is 17.9 Å². The second kappa shape index (κ2) is 24.5. The molecule has 0 aliphatic carbocycles. The van der Waals surface area contributed by atoms with Crippen molar-refractivity contribution < 1.29 is 33.6 Å². The first-order valence-electron chi connectivity index (χ1n) is 24.1. The van der Waals surface area contributed by atoms with Crippen LogP contribution in [0.15, 0.2) is 110 Å². The van der Waals surface area contributed by atoms with Gasteiger partial charge in [-0.05, 0) is 90.2 Å². The lowest BCUT2D eigenvalue weighted by atomic mass is 10.0. The van der Waals surface area contributed by atoms with Crippen LogP contribution in [-0.4, -0.2) is 74.2 Å². The molecule has 6 aliphatic rings. The van der Waals surface area contributed by atoms with Crippen molar-refractivity contribution in [1.82, 2.24) is 30.7 Å². The average molecular weight is 973 g/mol. The van der Waals surface area contributed by atoms with Crippen LogP contribution in [0.25, 0.3) is 0 Å². The molecule has 3 N–H and O–H groups in total. The normalized spacial score (nSPS) is 20.2. The van der Waals surface area contributed by atoms with Crippen LogP contribution in [-0.2, 0) is 27.5 Å². The molecule has 13 heteroatoms. The van der Waals surface area contributed by atoms with E-state index in [1.54, 1.807) is 34.1 Å². The van der Waals surface area contributed by atoms with Gasteiger partial charge in [0, 0.05) is 41.3 Å². The Morgan fingerprint density at radius 3 is 0.930 bits per heavy atom. The number of amides is 7. The molecule has 6 aliphatic heterocycles. The molecule has 0 radical (unpaired) electrons. The molecule has 7 amide bonds. The Hall–Kier alpha value is -6.63. The molecule has 0 aromatic heterocycles. The van der Waals surface area contributed by atoms with Crippen molar-refractivity contribution in [2.24, 2.45) is 16.2 Å². The summed E-state index contributed by atoms with van der Waals surface area (Å²) in [4.78, 5) is 89.1. The number of allylic oxidation sites excluding steroid dienone is 3. The summed E-state index contributed by atoms with van der Waals surface area (Å²) < 4.78 is 0.